The molecule has 17 heavy (non-hydrogen) atoms. The first kappa shape index (κ1) is 14.1. The average molecular weight is 259 g/mol. The van der Waals surface area contributed by atoms with E-state index in [1.54, 1.807) is 20.8 Å². The van der Waals surface area contributed by atoms with E-state index in [0.29, 0.717) is 5.56 Å². The SMILES string of the molecule is CC(C)(C)C(O)C(=O)Cc1ccc(F)c(Cl)c1. The van der Waals surface area contributed by atoms with Gasteiger partial charge in [0.25, 0.3) is 0 Å². The Morgan fingerprint density at radius 1 is 1.47 bits per heavy atom. The first-order valence-corrected chi connectivity index (χ1v) is 5.74. The van der Waals surface area contributed by atoms with Crippen LogP contribution < -0.4 is 0 Å². The summed E-state index contributed by atoms with van der Waals surface area (Å²) in [6.07, 6.45) is -0.982. The molecule has 0 aliphatic carbocycles. The van der Waals surface area contributed by atoms with Crippen LogP contribution in [0.1, 0.15) is 26.3 Å². The van der Waals surface area contributed by atoms with Crippen LogP contribution in [0.25, 0.3) is 0 Å². The molecule has 0 aliphatic rings. The normalized spacial score (nSPS) is 13.5. The van der Waals surface area contributed by atoms with Crippen LogP contribution >= 0.6 is 11.6 Å². The number of ketones is 1. The zero-order valence-corrected chi connectivity index (χ0v) is 10.9. The lowest BCUT2D eigenvalue weighted by atomic mass is 9.85. The molecule has 0 bridgehead atoms. The summed E-state index contributed by atoms with van der Waals surface area (Å²) >= 11 is 5.62. The summed E-state index contributed by atoms with van der Waals surface area (Å²) in [6.45, 7) is 5.35. The number of halogens is 2. The van der Waals surface area contributed by atoms with Gasteiger partial charge in [0, 0.05) is 6.42 Å². The fourth-order valence-corrected chi connectivity index (χ4v) is 1.63. The number of carbonyl (C=O) groups excluding carboxylic acids is 1. The molecule has 0 spiro atoms. The van der Waals surface area contributed by atoms with Gasteiger partial charge in [0.1, 0.15) is 11.9 Å². The van der Waals surface area contributed by atoms with Crippen LogP contribution in [-0.4, -0.2) is 17.0 Å². The molecule has 94 valence electrons. The molecule has 0 saturated carbocycles. The van der Waals surface area contributed by atoms with E-state index >= 15 is 0 Å². The van der Waals surface area contributed by atoms with Crippen molar-refractivity contribution in [3.8, 4) is 0 Å². The van der Waals surface area contributed by atoms with Crippen molar-refractivity contribution in [2.75, 3.05) is 0 Å². The Balaban J connectivity index is 2.78. The van der Waals surface area contributed by atoms with E-state index in [2.05, 4.69) is 0 Å². The monoisotopic (exact) mass is 258 g/mol. The van der Waals surface area contributed by atoms with Gasteiger partial charge in [-0.3, -0.25) is 4.79 Å². The Morgan fingerprint density at radius 2 is 2.06 bits per heavy atom. The highest BCUT2D eigenvalue weighted by Gasteiger charge is 2.28. The van der Waals surface area contributed by atoms with Gasteiger partial charge in [0.15, 0.2) is 5.78 Å². The maximum atomic E-state index is 12.9. The van der Waals surface area contributed by atoms with Gasteiger partial charge in [0.2, 0.25) is 0 Å². The van der Waals surface area contributed by atoms with E-state index in [-0.39, 0.29) is 17.2 Å². The predicted molar refractivity (Wildman–Crippen MR) is 65.6 cm³/mol. The third kappa shape index (κ3) is 3.79. The Morgan fingerprint density at radius 3 is 2.53 bits per heavy atom. The third-order valence-electron chi connectivity index (χ3n) is 2.49. The minimum absolute atomic E-state index is 0.0134. The van der Waals surface area contributed by atoms with Crippen molar-refractivity contribution >= 4 is 17.4 Å². The smallest absolute Gasteiger partial charge is 0.166 e. The fourth-order valence-electron chi connectivity index (χ4n) is 1.43. The van der Waals surface area contributed by atoms with Gasteiger partial charge < -0.3 is 5.11 Å². The minimum Gasteiger partial charge on any atom is -0.385 e. The largest absolute Gasteiger partial charge is 0.385 e. The van der Waals surface area contributed by atoms with Crippen LogP contribution in [-0.2, 0) is 11.2 Å². The molecule has 0 heterocycles. The number of hydrogen-bond acceptors (Lipinski definition) is 2. The van der Waals surface area contributed by atoms with Gasteiger partial charge >= 0.3 is 0 Å². The van der Waals surface area contributed by atoms with Crippen LogP contribution in [0.3, 0.4) is 0 Å². The Kier molecular flexibility index (Phi) is 4.28. The second kappa shape index (κ2) is 5.15. The summed E-state index contributed by atoms with van der Waals surface area (Å²) in [4.78, 5) is 11.8. The third-order valence-corrected chi connectivity index (χ3v) is 2.78. The lowest BCUT2D eigenvalue weighted by Crippen LogP contribution is -2.35. The zero-order chi connectivity index (χ0) is 13.2. The molecule has 0 aliphatic heterocycles. The van der Waals surface area contributed by atoms with Gasteiger partial charge in [-0.1, -0.05) is 38.4 Å². The van der Waals surface area contributed by atoms with Crippen molar-refractivity contribution in [2.24, 2.45) is 5.41 Å². The van der Waals surface area contributed by atoms with Gasteiger partial charge in [-0.25, -0.2) is 4.39 Å². The van der Waals surface area contributed by atoms with Crippen molar-refractivity contribution in [3.05, 3.63) is 34.6 Å². The molecule has 2 nitrogen and oxygen atoms in total. The molecule has 1 aromatic carbocycles. The molecular weight excluding hydrogens is 243 g/mol. The summed E-state index contributed by atoms with van der Waals surface area (Å²) in [5.74, 6) is -0.806. The van der Waals surface area contributed by atoms with Gasteiger partial charge in [0.05, 0.1) is 5.02 Å². The van der Waals surface area contributed by atoms with E-state index in [0.717, 1.165) is 0 Å². The molecule has 0 saturated heterocycles. The Hall–Kier alpha value is -0.930. The van der Waals surface area contributed by atoms with E-state index in [9.17, 15) is 14.3 Å². The molecule has 4 heteroatoms. The van der Waals surface area contributed by atoms with Crippen molar-refractivity contribution in [1.82, 2.24) is 0 Å². The zero-order valence-electron chi connectivity index (χ0n) is 10.1. The Bertz CT molecular complexity index is 424. The molecule has 1 unspecified atom stereocenters. The van der Waals surface area contributed by atoms with Crippen LogP contribution in [0.4, 0.5) is 4.39 Å². The van der Waals surface area contributed by atoms with E-state index in [1.807, 2.05) is 0 Å². The summed E-state index contributed by atoms with van der Waals surface area (Å²) in [6, 6.07) is 4.12. The van der Waals surface area contributed by atoms with E-state index < -0.39 is 17.3 Å². The fraction of sp³-hybridized carbons (Fsp3) is 0.462. The molecular formula is C13H16ClFO2. The quantitative estimate of drug-likeness (QED) is 0.905. The highest BCUT2D eigenvalue weighted by atomic mass is 35.5. The first-order chi connectivity index (χ1) is 7.71. The number of aliphatic hydroxyl groups is 1. The molecule has 0 aromatic heterocycles. The molecule has 0 radical (unpaired) electrons. The minimum atomic E-state index is -1.04. The lowest BCUT2D eigenvalue weighted by molar-refractivity contribution is -0.131. The Labute approximate surface area is 105 Å². The highest BCUT2D eigenvalue weighted by molar-refractivity contribution is 6.30. The summed E-state index contributed by atoms with van der Waals surface area (Å²) < 4.78 is 12.9. The number of Topliss-reactive ketones (excluding diaryl/α,β-unsaturated/α-hetero) is 1. The number of hydrogen-bond donors (Lipinski definition) is 1. The summed E-state index contributed by atoms with van der Waals surface area (Å²) in [5.41, 5.74) is 0.102. The maximum Gasteiger partial charge on any atom is 0.166 e. The number of aliphatic hydroxyl groups excluding tert-OH is 1. The summed E-state index contributed by atoms with van der Waals surface area (Å²) in [5, 5.41) is 9.77. The van der Waals surface area contributed by atoms with E-state index in [4.69, 9.17) is 11.6 Å². The second-order valence-corrected chi connectivity index (χ2v) is 5.57. The molecule has 1 aromatic rings. The van der Waals surface area contributed by atoms with E-state index in [1.165, 1.54) is 18.2 Å². The van der Waals surface area contributed by atoms with Gasteiger partial charge in [-0.2, -0.15) is 0 Å². The van der Waals surface area contributed by atoms with Crippen molar-refractivity contribution in [1.29, 1.82) is 0 Å². The maximum absolute atomic E-state index is 12.9. The van der Waals surface area contributed by atoms with Gasteiger partial charge in [-0.15, -0.1) is 0 Å². The van der Waals surface area contributed by atoms with Crippen molar-refractivity contribution < 1.29 is 14.3 Å². The molecule has 0 fully saturated rings. The summed E-state index contributed by atoms with van der Waals surface area (Å²) in [7, 11) is 0. The van der Waals surface area contributed by atoms with Crippen molar-refractivity contribution in [2.45, 2.75) is 33.3 Å². The van der Waals surface area contributed by atoms with Crippen LogP contribution in [0.15, 0.2) is 18.2 Å². The predicted octanol–water partition coefficient (Wildman–Crippen LogP) is 3.00. The molecule has 1 N–H and O–H groups in total. The molecule has 1 atom stereocenters. The highest BCUT2D eigenvalue weighted by Crippen LogP contribution is 2.22. The molecule has 1 rings (SSSR count). The first-order valence-electron chi connectivity index (χ1n) is 5.36. The van der Waals surface area contributed by atoms with Crippen molar-refractivity contribution in [3.63, 3.8) is 0 Å². The van der Waals surface area contributed by atoms with Crippen LogP contribution in [0, 0.1) is 11.2 Å². The standard InChI is InChI=1S/C13H16ClFO2/c1-13(2,3)12(17)11(16)7-8-4-5-10(15)9(14)6-8/h4-6,12,17H,7H2,1-3H3. The van der Waals surface area contributed by atoms with Crippen LogP contribution in [0.5, 0.6) is 0 Å². The number of carbonyl (C=O) groups is 1. The second-order valence-electron chi connectivity index (χ2n) is 5.16. The number of rotatable bonds is 3. The molecule has 0 amide bonds. The topological polar surface area (TPSA) is 37.3 Å². The van der Waals surface area contributed by atoms with Crippen LogP contribution in [0.2, 0.25) is 5.02 Å². The van der Waals surface area contributed by atoms with Gasteiger partial charge in [-0.05, 0) is 23.1 Å². The lowest BCUT2D eigenvalue weighted by Gasteiger charge is -2.24. The number of benzene rings is 1. The average Bonchev–Trinajstić information content (AvgIpc) is 2.21.